The smallest absolute Gasteiger partial charge is 0.332 e. The van der Waals surface area contributed by atoms with Gasteiger partial charge in [-0.05, 0) is 25.0 Å². The van der Waals surface area contributed by atoms with Crippen LogP contribution in [0.1, 0.15) is 39.0 Å². The van der Waals surface area contributed by atoms with Gasteiger partial charge in [-0.1, -0.05) is 31.2 Å². The molecular weight excluding hydrogens is 472 g/mol. The van der Waals surface area contributed by atoms with E-state index in [1.165, 1.54) is 14.2 Å². The summed E-state index contributed by atoms with van der Waals surface area (Å²) in [6, 6.07) is 9.24. The quantitative estimate of drug-likeness (QED) is 0.357. The summed E-state index contributed by atoms with van der Waals surface area (Å²) in [5.74, 6) is -2.94. The predicted molar refractivity (Wildman–Crippen MR) is 130 cm³/mol. The molecule has 1 fully saturated rings. The number of carboxylic acids is 2. The van der Waals surface area contributed by atoms with Crippen molar-refractivity contribution in [2.75, 3.05) is 38.8 Å². The minimum Gasteiger partial charge on any atom is -0.481 e. The van der Waals surface area contributed by atoms with Crippen LogP contribution in [0, 0.1) is 0 Å². The number of carbonyl (C=O) groups is 5. The average molecular weight is 507 g/mol. The number of benzene rings is 1. The van der Waals surface area contributed by atoms with Gasteiger partial charge in [-0.25, -0.2) is 9.59 Å². The van der Waals surface area contributed by atoms with E-state index >= 15 is 0 Å². The summed E-state index contributed by atoms with van der Waals surface area (Å²) >= 11 is 0. The first-order chi connectivity index (χ1) is 17.1. The van der Waals surface area contributed by atoms with E-state index in [9.17, 15) is 24.0 Å². The van der Waals surface area contributed by atoms with Crippen molar-refractivity contribution in [1.29, 1.82) is 0 Å². The molecule has 36 heavy (non-hydrogen) atoms. The number of anilines is 1. The summed E-state index contributed by atoms with van der Waals surface area (Å²) in [6.45, 7) is 3.53. The summed E-state index contributed by atoms with van der Waals surface area (Å²) in [5.41, 5.74) is -0.344. The number of aliphatic carboxylic acids is 2. The second-order valence-corrected chi connectivity index (χ2v) is 7.95. The van der Waals surface area contributed by atoms with Crippen molar-refractivity contribution in [3.63, 3.8) is 0 Å². The standard InChI is InChI=1S/C20H28N2O5.C5H6O4/c1-4-17(23)22(16-8-6-5-7-9-16)20(19(25)27-3)11-14-21(15-12-20)13-10-18(24)26-2;6-4(7)2-1-3-5(8)9/h5-9H,4,10-15H2,1-3H3;1-2H,3H2,(H,6,7)(H,8,9)/b;2-1-. The number of likely N-dealkylation sites (tertiary alicyclic amines) is 1. The lowest BCUT2D eigenvalue weighted by Crippen LogP contribution is -2.62. The molecule has 0 saturated carbocycles. The first-order valence-electron chi connectivity index (χ1n) is 11.5. The van der Waals surface area contributed by atoms with Gasteiger partial charge < -0.3 is 24.6 Å². The van der Waals surface area contributed by atoms with Crippen LogP contribution in [0.2, 0.25) is 0 Å². The van der Waals surface area contributed by atoms with Gasteiger partial charge in [0.1, 0.15) is 5.54 Å². The van der Waals surface area contributed by atoms with Crippen molar-refractivity contribution in [2.45, 2.75) is 44.6 Å². The van der Waals surface area contributed by atoms with Gasteiger partial charge in [-0.15, -0.1) is 0 Å². The van der Waals surface area contributed by atoms with Crippen LogP contribution in [-0.2, 0) is 33.4 Å². The first kappa shape index (κ1) is 30.3. The Morgan fingerprint density at radius 2 is 1.64 bits per heavy atom. The fourth-order valence-electron chi connectivity index (χ4n) is 3.83. The van der Waals surface area contributed by atoms with Crippen molar-refractivity contribution in [3.05, 3.63) is 42.5 Å². The summed E-state index contributed by atoms with van der Waals surface area (Å²) < 4.78 is 9.80. The minimum atomic E-state index is -1.13. The highest BCUT2D eigenvalue weighted by Crippen LogP contribution is 2.35. The number of para-hydroxylation sites is 1. The molecule has 1 saturated heterocycles. The predicted octanol–water partition coefficient (Wildman–Crippen LogP) is 2.10. The monoisotopic (exact) mass is 506 g/mol. The minimum absolute atomic E-state index is 0.116. The number of carbonyl (C=O) groups excluding carboxylic acids is 3. The Balaban J connectivity index is 0.000000613. The fourth-order valence-corrected chi connectivity index (χ4v) is 3.83. The lowest BCUT2D eigenvalue weighted by Gasteiger charge is -2.46. The molecule has 0 aliphatic carbocycles. The molecule has 0 aromatic heterocycles. The molecule has 2 N–H and O–H groups in total. The second kappa shape index (κ2) is 15.3. The van der Waals surface area contributed by atoms with Crippen LogP contribution in [0.3, 0.4) is 0 Å². The molecule has 1 heterocycles. The van der Waals surface area contributed by atoms with Crippen LogP contribution < -0.4 is 4.90 Å². The number of hydrogen-bond acceptors (Lipinski definition) is 8. The van der Waals surface area contributed by atoms with E-state index in [0.29, 0.717) is 51.0 Å². The molecule has 11 nitrogen and oxygen atoms in total. The molecule has 1 aliphatic heterocycles. The first-order valence-corrected chi connectivity index (χ1v) is 11.5. The van der Waals surface area contributed by atoms with E-state index in [4.69, 9.17) is 14.9 Å². The van der Waals surface area contributed by atoms with Crippen molar-refractivity contribution in [1.82, 2.24) is 4.90 Å². The van der Waals surface area contributed by atoms with Gasteiger partial charge in [0.25, 0.3) is 0 Å². The molecule has 1 amide bonds. The number of esters is 2. The molecule has 0 radical (unpaired) electrons. The van der Waals surface area contributed by atoms with Crippen molar-refractivity contribution >= 4 is 35.5 Å². The highest BCUT2D eigenvalue weighted by Gasteiger charge is 2.49. The highest BCUT2D eigenvalue weighted by atomic mass is 16.5. The molecule has 198 valence electrons. The average Bonchev–Trinajstić information content (AvgIpc) is 2.88. The Bertz CT molecular complexity index is 923. The van der Waals surface area contributed by atoms with Crippen molar-refractivity contribution in [2.24, 2.45) is 0 Å². The van der Waals surface area contributed by atoms with Gasteiger partial charge in [-0.3, -0.25) is 19.3 Å². The maximum Gasteiger partial charge on any atom is 0.332 e. The van der Waals surface area contributed by atoms with E-state index in [2.05, 4.69) is 9.64 Å². The van der Waals surface area contributed by atoms with E-state index < -0.39 is 23.4 Å². The van der Waals surface area contributed by atoms with Gasteiger partial charge in [-0.2, -0.15) is 0 Å². The number of hydrogen-bond donors (Lipinski definition) is 2. The zero-order chi connectivity index (χ0) is 27.1. The van der Waals surface area contributed by atoms with Gasteiger partial charge in [0.2, 0.25) is 5.91 Å². The maximum absolute atomic E-state index is 12.8. The number of methoxy groups -OCH3 is 2. The molecule has 1 aromatic carbocycles. The molecule has 11 heteroatoms. The number of rotatable bonds is 10. The van der Waals surface area contributed by atoms with E-state index in [1.54, 1.807) is 11.8 Å². The Hall–Kier alpha value is -3.73. The normalized spacial score (nSPS) is 14.8. The number of ether oxygens (including phenoxy) is 2. The number of amides is 1. The molecule has 1 aliphatic rings. The molecule has 1 aromatic rings. The topological polar surface area (TPSA) is 151 Å². The number of nitrogens with zero attached hydrogens (tertiary/aromatic N) is 2. The SMILES string of the molecule is CCC(=O)N(c1ccccc1)C1(C(=O)OC)CCN(CCC(=O)OC)CC1.O=C(O)/C=C\CC(=O)O. The third kappa shape index (κ3) is 9.14. The van der Waals surface area contributed by atoms with Gasteiger partial charge in [0, 0.05) is 37.8 Å². The Morgan fingerprint density at radius 1 is 1.03 bits per heavy atom. The summed E-state index contributed by atoms with van der Waals surface area (Å²) in [7, 11) is 2.72. The number of carboxylic acid groups (broad SMARTS) is 2. The largest absolute Gasteiger partial charge is 0.481 e. The van der Waals surface area contributed by atoms with Gasteiger partial charge in [0.05, 0.1) is 27.1 Å². The molecule has 0 bridgehead atoms. The molecule has 2 rings (SSSR count). The van der Waals surface area contributed by atoms with Gasteiger partial charge >= 0.3 is 23.9 Å². The van der Waals surface area contributed by atoms with Crippen LogP contribution in [0.25, 0.3) is 0 Å². The second-order valence-electron chi connectivity index (χ2n) is 7.95. The maximum atomic E-state index is 12.8. The summed E-state index contributed by atoms with van der Waals surface area (Å²) in [4.78, 5) is 60.2. The van der Waals surface area contributed by atoms with Crippen LogP contribution in [-0.4, -0.2) is 84.3 Å². The van der Waals surface area contributed by atoms with E-state index in [-0.39, 0.29) is 18.3 Å². The van der Waals surface area contributed by atoms with Crippen molar-refractivity contribution < 1.29 is 43.7 Å². The Kier molecular flexibility index (Phi) is 12.9. The lowest BCUT2D eigenvalue weighted by atomic mass is 9.84. The summed E-state index contributed by atoms with van der Waals surface area (Å²) in [6.07, 6.45) is 3.12. The van der Waals surface area contributed by atoms with Crippen LogP contribution >= 0.6 is 0 Å². The Morgan fingerprint density at radius 3 is 2.11 bits per heavy atom. The van der Waals surface area contributed by atoms with Crippen LogP contribution in [0.15, 0.2) is 42.5 Å². The van der Waals surface area contributed by atoms with Crippen LogP contribution in [0.5, 0.6) is 0 Å². The van der Waals surface area contributed by atoms with E-state index in [0.717, 1.165) is 12.2 Å². The highest BCUT2D eigenvalue weighted by molar-refractivity contribution is 6.02. The molecular formula is C25H34N2O9. The van der Waals surface area contributed by atoms with Gasteiger partial charge in [0.15, 0.2) is 0 Å². The number of piperidine rings is 1. The zero-order valence-corrected chi connectivity index (χ0v) is 20.8. The molecule has 0 atom stereocenters. The Labute approximate surface area is 210 Å². The summed E-state index contributed by atoms with van der Waals surface area (Å²) in [5, 5.41) is 15.9. The third-order valence-electron chi connectivity index (χ3n) is 5.66. The molecule has 0 spiro atoms. The van der Waals surface area contributed by atoms with E-state index in [1.807, 2.05) is 30.3 Å². The fraction of sp³-hybridized carbons (Fsp3) is 0.480. The zero-order valence-electron chi connectivity index (χ0n) is 20.8. The third-order valence-corrected chi connectivity index (χ3v) is 5.66. The van der Waals surface area contributed by atoms with Crippen molar-refractivity contribution in [3.8, 4) is 0 Å². The van der Waals surface area contributed by atoms with Crippen LogP contribution in [0.4, 0.5) is 5.69 Å². The molecule has 0 unspecified atom stereocenters. The lowest BCUT2D eigenvalue weighted by molar-refractivity contribution is -0.151.